The first-order valence-corrected chi connectivity index (χ1v) is 7.57. The lowest BCUT2D eigenvalue weighted by atomic mass is 10.1. The second kappa shape index (κ2) is 7.36. The van der Waals surface area contributed by atoms with Gasteiger partial charge in [0.1, 0.15) is 11.6 Å². The normalized spacial score (nSPS) is 10.5. The lowest BCUT2D eigenvalue weighted by molar-refractivity contribution is -0.121. The summed E-state index contributed by atoms with van der Waals surface area (Å²) < 4.78 is 0. The number of nitrogens with one attached hydrogen (secondary N) is 2. The van der Waals surface area contributed by atoms with Crippen molar-refractivity contribution >= 4 is 5.91 Å². The Morgan fingerprint density at radius 2 is 1.88 bits per heavy atom. The van der Waals surface area contributed by atoms with Crippen LogP contribution in [-0.4, -0.2) is 31.2 Å². The van der Waals surface area contributed by atoms with Crippen molar-refractivity contribution in [3.8, 4) is 17.1 Å². The molecule has 0 spiro atoms. The van der Waals surface area contributed by atoms with Gasteiger partial charge in [-0.2, -0.15) is 5.10 Å². The molecule has 3 aromatic rings. The molecule has 2 heterocycles. The highest BCUT2D eigenvalue weighted by molar-refractivity contribution is 5.76. The summed E-state index contributed by atoms with van der Waals surface area (Å²) in [5.41, 5.74) is 1.87. The SMILES string of the molecule is O=C(CCc1ccc(O)cc1)NCc1nc(-c2ccncc2)n[nH]1. The maximum absolute atomic E-state index is 11.9. The minimum Gasteiger partial charge on any atom is -0.508 e. The molecule has 0 atom stereocenters. The third-order valence-electron chi connectivity index (χ3n) is 3.50. The number of carbonyl (C=O) groups is 1. The maximum atomic E-state index is 11.9. The number of H-pyrrole nitrogens is 1. The number of phenolic OH excluding ortho intramolecular Hbond substituents is 1. The molecule has 1 aromatic carbocycles. The van der Waals surface area contributed by atoms with Gasteiger partial charge in [-0.15, -0.1) is 0 Å². The number of amides is 1. The number of pyridine rings is 1. The summed E-state index contributed by atoms with van der Waals surface area (Å²) in [5, 5.41) is 19.0. The first kappa shape index (κ1) is 15.7. The quantitative estimate of drug-likeness (QED) is 0.642. The number of carbonyl (C=O) groups excluding carboxylic acids is 1. The van der Waals surface area contributed by atoms with Gasteiger partial charge in [0.2, 0.25) is 5.91 Å². The van der Waals surface area contributed by atoms with E-state index in [9.17, 15) is 9.90 Å². The first-order chi connectivity index (χ1) is 11.7. The predicted octanol–water partition coefficient (Wildman–Crippen LogP) is 1.82. The molecule has 3 N–H and O–H groups in total. The molecular formula is C17H17N5O2. The van der Waals surface area contributed by atoms with Crippen LogP contribution in [-0.2, 0) is 17.8 Å². The molecule has 3 rings (SSSR count). The predicted molar refractivity (Wildman–Crippen MR) is 87.9 cm³/mol. The molecule has 7 heteroatoms. The molecule has 7 nitrogen and oxygen atoms in total. The largest absolute Gasteiger partial charge is 0.508 e. The molecular weight excluding hydrogens is 306 g/mol. The van der Waals surface area contributed by atoms with E-state index in [1.54, 1.807) is 36.7 Å². The zero-order valence-electron chi connectivity index (χ0n) is 12.9. The van der Waals surface area contributed by atoms with E-state index in [1.165, 1.54) is 0 Å². The number of benzene rings is 1. The molecule has 0 fully saturated rings. The molecule has 0 aliphatic heterocycles. The van der Waals surface area contributed by atoms with Gasteiger partial charge in [0.25, 0.3) is 0 Å². The average Bonchev–Trinajstić information content (AvgIpc) is 3.09. The Bertz CT molecular complexity index is 799. The highest BCUT2D eigenvalue weighted by Gasteiger charge is 2.07. The monoisotopic (exact) mass is 323 g/mol. The molecule has 1 amide bonds. The van der Waals surface area contributed by atoms with Crippen molar-refractivity contribution in [2.75, 3.05) is 0 Å². The fourth-order valence-corrected chi connectivity index (χ4v) is 2.20. The zero-order chi connectivity index (χ0) is 16.8. The van der Waals surface area contributed by atoms with Gasteiger partial charge in [-0.05, 0) is 36.2 Å². The summed E-state index contributed by atoms with van der Waals surface area (Å²) in [6.45, 7) is 0.298. The van der Waals surface area contributed by atoms with Gasteiger partial charge < -0.3 is 10.4 Å². The van der Waals surface area contributed by atoms with Crippen LogP contribution in [0.25, 0.3) is 11.4 Å². The highest BCUT2D eigenvalue weighted by Crippen LogP contribution is 2.13. The number of hydrogen-bond acceptors (Lipinski definition) is 5. The molecule has 122 valence electrons. The van der Waals surface area contributed by atoms with Crippen molar-refractivity contribution in [1.82, 2.24) is 25.5 Å². The van der Waals surface area contributed by atoms with Crippen LogP contribution >= 0.6 is 0 Å². The minimum atomic E-state index is -0.0649. The average molecular weight is 323 g/mol. The summed E-state index contributed by atoms with van der Waals surface area (Å²) >= 11 is 0. The standard InChI is InChI=1S/C17H17N5O2/c23-14-4-1-12(2-5-14)3-6-16(24)19-11-15-20-17(22-21-15)13-7-9-18-10-8-13/h1-2,4-5,7-10,23H,3,6,11H2,(H,19,24)(H,20,21,22). The van der Waals surface area contributed by atoms with E-state index in [0.29, 0.717) is 31.0 Å². The Morgan fingerprint density at radius 1 is 1.12 bits per heavy atom. The molecule has 24 heavy (non-hydrogen) atoms. The van der Waals surface area contributed by atoms with E-state index in [1.807, 2.05) is 12.1 Å². The molecule has 0 saturated heterocycles. The molecule has 0 aliphatic carbocycles. The van der Waals surface area contributed by atoms with E-state index in [-0.39, 0.29) is 11.7 Å². The topological polar surface area (TPSA) is 104 Å². The van der Waals surface area contributed by atoms with Gasteiger partial charge in [0.15, 0.2) is 5.82 Å². The second-order valence-electron chi connectivity index (χ2n) is 5.28. The van der Waals surface area contributed by atoms with Crippen LogP contribution in [0.15, 0.2) is 48.8 Å². The number of rotatable bonds is 6. The number of phenols is 1. The van der Waals surface area contributed by atoms with Gasteiger partial charge >= 0.3 is 0 Å². The van der Waals surface area contributed by atoms with Gasteiger partial charge in [0, 0.05) is 24.4 Å². The minimum absolute atomic E-state index is 0.0649. The molecule has 0 aliphatic rings. The third-order valence-corrected chi connectivity index (χ3v) is 3.50. The van der Waals surface area contributed by atoms with Crippen molar-refractivity contribution in [2.45, 2.75) is 19.4 Å². The van der Waals surface area contributed by atoms with E-state index < -0.39 is 0 Å². The second-order valence-corrected chi connectivity index (χ2v) is 5.28. The molecule has 0 saturated carbocycles. The van der Waals surface area contributed by atoms with Crippen LogP contribution in [0.2, 0.25) is 0 Å². The smallest absolute Gasteiger partial charge is 0.220 e. The van der Waals surface area contributed by atoms with Gasteiger partial charge in [-0.1, -0.05) is 12.1 Å². The van der Waals surface area contributed by atoms with E-state index in [2.05, 4.69) is 25.5 Å². The first-order valence-electron chi connectivity index (χ1n) is 7.57. The van der Waals surface area contributed by atoms with Gasteiger partial charge in [0.05, 0.1) is 6.54 Å². The fourth-order valence-electron chi connectivity index (χ4n) is 2.20. The van der Waals surface area contributed by atoms with Crippen LogP contribution < -0.4 is 5.32 Å². The highest BCUT2D eigenvalue weighted by atomic mass is 16.3. The molecule has 0 bridgehead atoms. The summed E-state index contributed by atoms with van der Waals surface area (Å²) in [4.78, 5) is 20.2. The Labute approximate surface area is 138 Å². The third kappa shape index (κ3) is 4.16. The number of hydrogen-bond donors (Lipinski definition) is 3. The number of aryl methyl sites for hydroxylation is 1. The maximum Gasteiger partial charge on any atom is 0.220 e. The summed E-state index contributed by atoms with van der Waals surface area (Å²) in [6, 6.07) is 10.5. The van der Waals surface area contributed by atoms with Crippen LogP contribution in [0.1, 0.15) is 17.8 Å². The van der Waals surface area contributed by atoms with Gasteiger partial charge in [-0.3, -0.25) is 14.9 Å². The lowest BCUT2D eigenvalue weighted by Gasteiger charge is -2.03. The summed E-state index contributed by atoms with van der Waals surface area (Å²) in [7, 11) is 0. The van der Waals surface area contributed by atoms with Crippen LogP contribution in [0, 0.1) is 0 Å². The Hall–Kier alpha value is -3.22. The number of aromatic amines is 1. The Balaban J connectivity index is 1.48. The fraction of sp³-hybridized carbons (Fsp3) is 0.176. The van der Waals surface area contributed by atoms with Gasteiger partial charge in [-0.25, -0.2) is 4.98 Å². The van der Waals surface area contributed by atoms with Crippen molar-refractivity contribution in [2.24, 2.45) is 0 Å². The van der Waals surface area contributed by atoms with E-state index in [0.717, 1.165) is 11.1 Å². The molecule has 2 aromatic heterocycles. The Morgan fingerprint density at radius 3 is 2.62 bits per heavy atom. The number of aromatic hydroxyl groups is 1. The Kier molecular flexibility index (Phi) is 4.81. The number of aromatic nitrogens is 4. The van der Waals surface area contributed by atoms with Crippen LogP contribution in [0.4, 0.5) is 0 Å². The lowest BCUT2D eigenvalue weighted by Crippen LogP contribution is -2.23. The van der Waals surface area contributed by atoms with Crippen molar-refractivity contribution in [3.05, 3.63) is 60.2 Å². The van der Waals surface area contributed by atoms with Crippen molar-refractivity contribution in [1.29, 1.82) is 0 Å². The summed E-state index contributed by atoms with van der Waals surface area (Å²) in [5.74, 6) is 1.33. The van der Waals surface area contributed by atoms with Crippen LogP contribution in [0.3, 0.4) is 0 Å². The van der Waals surface area contributed by atoms with Crippen LogP contribution in [0.5, 0.6) is 5.75 Å². The van der Waals surface area contributed by atoms with E-state index in [4.69, 9.17) is 0 Å². The molecule has 0 unspecified atom stereocenters. The molecule has 0 radical (unpaired) electrons. The van der Waals surface area contributed by atoms with Crippen molar-refractivity contribution in [3.63, 3.8) is 0 Å². The number of nitrogens with zero attached hydrogens (tertiary/aromatic N) is 3. The van der Waals surface area contributed by atoms with Crippen molar-refractivity contribution < 1.29 is 9.90 Å². The zero-order valence-corrected chi connectivity index (χ0v) is 12.9. The van der Waals surface area contributed by atoms with E-state index >= 15 is 0 Å². The summed E-state index contributed by atoms with van der Waals surface area (Å²) in [6.07, 6.45) is 4.34.